The van der Waals surface area contributed by atoms with Crippen molar-refractivity contribution in [2.45, 2.75) is 39.2 Å². The lowest BCUT2D eigenvalue weighted by Crippen LogP contribution is -2.39. The van der Waals surface area contributed by atoms with E-state index in [9.17, 15) is 0 Å². The molecule has 0 aromatic heterocycles. The van der Waals surface area contributed by atoms with Gasteiger partial charge in [-0.05, 0) is 31.4 Å². The molecule has 15 heavy (non-hydrogen) atoms. The van der Waals surface area contributed by atoms with Gasteiger partial charge in [0.25, 0.3) is 0 Å². The molecule has 2 nitrogen and oxygen atoms in total. The molecule has 0 saturated carbocycles. The highest BCUT2D eigenvalue weighted by atomic mass is 32.1. The summed E-state index contributed by atoms with van der Waals surface area (Å²) in [5, 5.41) is 0. The van der Waals surface area contributed by atoms with E-state index in [-0.39, 0.29) is 0 Å². The molecule has 1 unspecified atom stereocenters. The Kier molecular flexibility index (Phi) is 6.69. The third kappa shape index (κ3) is 4.75. The summed E-state index contributed by atoms with van der Waals surface area (Å²) in [5.74, 6) is 1.78. The molecule has 90 valence electrons. The lowest BCUT2D eigenvalue weighted by molar-refractivity contribution is 0.0116. The van der Waals surface area contributed by atoms with Gasteiger partial charge in [0.1, 0.15) is 0 Å². The average molecular weight is 231 g/mol. The third-order valence-corrected chi connectivity index (χ3v) is 3.81. The Morgan fingerprint density at radius 2 is 2.00 bits per heavy atom. The summed E-state index contributed by atoms with van der Waals surface area (Å²) in [4.78, 5) is 2.57. The van der Waals surface area contributed by atoms with Gasteiger partial charge in [0.05, 0.1) is 6.10 Å². The van der Waals surface area contributed by atoms with Gasteiger partial charge in [-0.2, -0.15) is 12.6 Å². The molecule has 0 N–H and O–H groups in total. The second-order valence-corrected chi connectivity index (χ2v) is 4.78. The van der Waals surface area contributed by atoms with Crippen molar-refractivity contribution in [2.75, 3.05) is 32.0 Å². The van der Waals surface area contributed by atoms with Gasteiger partial charge >= 0.3 is 0 Å². The average Bonchev–Trinajstić information content (AvgIpc) is 2.28. The molecule has 0 bridgehead atoms. The molecule has 0 aromatic carbocycles. The predicted octanol–water partition coefficient (Wildman–Crippen LogP) is 2.44. The highest BCUT2D eigenvalue weighted by molar-refractivity contribution is 7.80. The molecule has 0 spiro atoms. The van der Waals surface area contributed by atoms with Gasteiger partial charge in [0, 0.05) is 26.2 Å². The van der Waals surface area contributed by atoms with Crippen molar-refractivity contribution in [1.29, 1.82) is 0 Å². The molecule has 1 saturated heterocycles. The van der Waals surface area contributed by atoms with Gasteiger partial charge < -0.3 is 9.64 Å². The van der Waals surface area contributed by atoms with Gasteiger partial charge in [0.2, 0.25) is 0 Å². The van der Waals surface area contributed by atoms with E-state index in [4.69, 9.17) is 4.74 Å². The van der Waals surface area contributed by atoms with Crippen molar-refractivity contribution in [2.24, 2.45) is 5.92 Å². The van der Waals surface area contributed by atoms with E-state index in [0.29, 0.717) is 6.10 Å². The number of rotatable bonds is 6. The minimum Gasteiger partial charge on any atom is -0.378 e. The smallest absolute Gasteiger partial charge is 0.0599 e. The molecule has 0 aromatic rings. The largest absolute Gasteiger partial charge is 0.378 e. The van der Waals surface area contributed by atoms with Crippen LogP contribution in [0.15, 0.2) is 0 Å². The highest BCUT2D eigenvalue weighted by Gasteiger charge is 2.20. The number of nitrogens with zero attached hydrogens (tertiary/aromatic N) is 1. The number of piperidine rings is 1. The first-order chi connectivity index (χ1) is 7.30. The van der Waals surface area contributed by atoms with E-state index in [0.717, 1.165) is 18.3 Å². The molecule has 0 aliphatic carbocycles. The Balaban J connectivity index is 2.19. The first kappa shape index (κ1) is 13.3. The number of hydrogen-bond acceptors (Lipinski definition) is 3. The molecule has 1 aliphatic heterocycles. The minimum absolute atomic E-state index is 0.516. The Morgan fingerprint density at radius 3 is 2.47 bits per heavy atom. The number of thiol groups is 1. The zero-order valence-electron chi connectivity index (χ0n) is 10.1. The molecule has 1 atom stereocenters. The Labute approximate surface area is 99.8 Å². The first-order valence-electron chi connectivity index (χ1n) is 6.24. The van der Waals surface area contributed by atoms with Crippen LogP contribution in [0.1, 0.15) is 33.1 Å². The summed E-state index contributed by atoms with van der Waals surface area (Å²) in [6, 6.07) is 0. The topological polar surface area (TPSA) is 12.5 Å². The number of likely N-dealkylation sites (tertiary alicyclic amines) is 1. The highest BCUT2D eigenvalue weighted by Crippen LogP contribution is 2.16. The van der Waals surface area contributed by atoms with E-state index in [2.05, 4.69) is 31.4 Å². The van der Waals surface area contributed by atoms with Gasteiger partial charge in [-0.25, -0.2) is 0 Å². The Bertz CT molecular complexity index is 154. The summed E-state index contributed by atoms with van der Waals surface area (Å²) in [6.07, 6.45) is 4.17. The van der Waals surface area contributed by atoms with Crippen molar-refractivity contribution < 1.29 is 4.74 Å². The van der Waals surface area contributed by atoms with Crippen LogP contribution in [0.2, 0.25) is 0 Å². The monoisotopic (exact) mass is 231 g/mol. The SMILES string of the molecule is CCOC1CCN(CC(CC)CS)CC1. The van der Waals surface area contributed by atoms with Crippen LogP contribution in [-0.4, -0.2) is 43.0 Å². The second-order valence-electron chi connectivity index (χ2n) is 4.41. The van der Waals surface area contributed by atoms with Crippen LogP contribution in [0.25, 0.3) is 0 Å². The molecule has 1 fully saturated rings. The van der Waals surface area contributed by atoms with Crippen molar-refractivity contribution in [3.8, 4) is 0 Å². The molecular formula is C12H25NOS. The maximum absolute atomic E-state index is 5.65. The van der Waals surface area contributed by atoms with Crippen LogP contribution in [0.3, 0.4) is 0 Å². The third-order valence-electron chi connectivity index (χ3n) is 3.29. The number of hydrogen-bond donors (Lipinski definition) is 1. The van der Waals surface area contributed by atoms with E-state index in [1.54, 1.807) is 0 Å². The summed E-state index contributed by atoms with van der Waals surface area (Å²) in [5.41, 5.74) is 0. The van der Waals surface area contributed by atoms with Crippen LogP contribution in [0, 0.1) is 5.92 Å². The zero-order valence-corrected chi connectivity index (χ0v) is 11.0. The lowest BCUT2D eigenvalue weighted by atomic mass is 10.0. The van der Waals surface area contributed by atoms with Crippen LogP contribution >= 0.6 is 12.6 Å². The van der Waals surface area contributed by atoms with E-state index >= 15 is 0 Å². The first-order valence-corrected chi connectivity index (χ1v) is 6.88. The van der Waals surface area contributed by atoms with E-state index in [1.807, 2.05) is 0 Å². The maximum atomic E-state index is 5.65. The molecule has 3 heteroatoms. The summed E-state index contributed by atoms with van der Waals surface area (Å²) in [7, 11) is 0. The molecule has 1 rings (SSSR count). The van der Waals surface area contributed by atoms with Gasteiger partial charge in [-0.1, -0.05) is 13.3 Å². The van der Waals surface area contributed by atoms with Crippen molar-refractivity contribution in [3.05, 3.63) is 0 Å². The van der Waals surface area contributed by atoms with Gasteiger partial charge in [0.15, 0.2) is 0 Å². The normalized spacial score (nSPS) is 21.8. The van der Waals surface area contributed by atoms with E-state index < -0.39 is 0 Å². The van der Waals surface area contributed by atoms with Gasteiger partial charge in [-0.15, -0.1) is 0 Å². The summed E-state index contributed by atoms with van der Waals surface area (Å²) >= 11 is 4.40. The number of ether oxygens (including phenoxy) is 1. The van der Waals surface area contributed by atoms with Crippen LogP contribution < -0.4 is 0 Å². The van der Waals surface area contributed by atoms with Crippen LogP contribution in [-0.2, 0) is 4.74 Å². The molecule has 1 aliphatic rings. The fourth-order valence-corrected chi connectivity index (χ4v) is 2.55. The fourth-order valence-electron chi connectivity index (χ4n) is 2.18. The van der Waals surface area contributed by atoms with Crippen LogP contribution in [0.4, 0.5) is 0 Å². The van der Waals surface area contributed by atoms with E-state index in [1.165, 1.54) is 38.9 Å². The summed E-state index contributed by atoms with van der Waals surface area (Å²) in [6.45, 7) is 8.83. The lowest BCUT2D eigenvalue weighted by Gasteiger charge is -2.33. The zero-order chi connectivity index (χ0) is 11.1. The molecule has 0 radical (unpaired) electrons. The van der Waals surface area contributed by atoms with Gasteiger partial charge in [-0.3, -0.25) is 0 Å². The minimum atomic E-state index is 0.516. The summed E-state index contributed by atoms with van der Waals surface area (Å²) < 4.78 is 5.65. The molecule has 1 heterocycles. The quantitative estimate of drug-likeness (QED) is 0.705. The Hall–Kier alpha value is 0.270. The fraction of sp³-hybridized carbons (Fsp3) is 1.00. The van der Waals surface area contributed by atoms with Crippen molar-refractivity contribution in [1.82, 2.24) is 4.90 Å². The van der Waals surface area contributed by atoms with Crippen molar-refractivity contribution >= 4 is 12.6 Å². The van der Waals surface area contributed by atoms with Crippen molar-refractivity contribution in [3.63, 3.8) is 0 Å². The standard InChI is InChI=1S/C12H25NOS/c1-3-11(10-15)9-13-7-5-12(6-8-13)14-4-2/h11-12,15H,3-10H2,1-2H3. The molecular weight excluding hydrogens is 206 g/mol. The Morgan fingerprint density at radius 1 is 1.33 bits per heavy atom. The predicted molar refractivity (Wildman–Crippen MR) is 68.7 cm³/mol. The van der Waals surface area contributed by atoms with Crippen LogP contribution in [0.5, 0.6) is 0 Å². The molecule has 0 amide bonds. The second kappa shape index (κ2) is 7.53. The maximum Gasteiger partial charge on any atom is 0.0599 e.